The van der Waals surface area contributed by atoms with E-state index in [-0.39, 0.29) is 6.10 Å². The Morgan fingerprint density at radius 1 is 1.14 bits per heavy atom. The molecule has 78 valence electrons. The first-order chi connectivity index (χ1) is 6.72. The van der Waals surface area contributed by atoms with Crippen molar-refractivity contribution in [3.8, 4) is 0 Å². The van der Waals surface area contributed by atoms with Gasteiger partial charge >= 0.3 is 0 Å². The molecule has 0 aliphatic heterocycles. The van der Waals surface area contributed by atoms with Gasteiger partial charge in [-0.2, -0.15) is 0 Å². The van der Waals surface area contributed by atoms with Gasteiger partial charge in [0.1, 0.15) is 0 Å². The van der Waals surface area contributed by atoms with Gasteiger partial charge in [0.2, 0.25) is 0 Å². The maximum atomic E-state index is 9.14. The average molecular weight is 193 g/mol. The predicted molar refractivity (Wildman–Crippen MR) is 59.2 cm³/mol. The maximum Gasteiger partial charge on any atom is 0.0515 e. The lowest BCUT2D eigenvalue weighted by Crippen LogP contribution is -2.03. The molecular weight excluding hydrogens is 174 g/mol. The van der Waals surface area contributed by atoms with Gasteiger partial charge in [-0.1, -0.05) is 24.3 Å². The van der Waals surface area contributed by atoms with Gasteiger partial charge in [-0.3, -0.25) is 0 Å². The molecule has 0 fully saturated rings. The summed E-state index contributed by atoms with van der Waals surface area (Å²) in [5.74, 6) is 0. The summed E-state index contributed by atoms with van der Waals surface area (Å²) in [6.07, 6.45) is 2.51. The Kier molecular flexibility index (Phi) is 4.63. The molecule has 14 heavy (non-hydrogen) atoms. The molecule has 0 radical (unpaired) electrons. The van der Waals surface area contributed by atoms with Gasteiger partial charge in [0.15, 0.2) is 0 Å². The first kappa shape index (κ1) is 11.2. The van der Waals surface area contributed by atoms with E-state index in [4.69, 9.17) is 10.8 Å². The Bertz CT molecular complexity index is 254. The van der Waals surface area contributed by atoms with E-state index < -0.39 is 0 Å². The number of nitrogens with two attached hydrogens (primary N) is 1. The van der Waals surface area contributed by atoms with Gasteiger partial charge in [0.25, 0.3) is 0 Å². The molecule has 0 aliphatic rings. The lowest BCUT2D eigenvalue weighted by atomic mass is 10.0. The summed E-state index contributed by atoms with van der Waals surface area (Å²) in [6, 6.07) is 8.47. The van der Waals surface area contributed by atoms with Crippen LogP contribution in [0.5, 0.6) is 0 Å². The highest BCUT2D eigenvalue weighted by Gasteiger charge is 1.98. The Morgan fingerprint density at radius 3 is 2.07 bits per heavy atom. The number of aryl methyl sites for hydroxylation is 1. The Balaban J connectivity index is 2.46. The molecule has 1 rings (SSSR count). The normalized spacial score (nSPS) is 12.8. The third-order valence-corrected chi connectivity index (χ3v) is 2.31. The van der Waals surface area contributed by atoms with E-state index in [2.05, 4.69) is 24.3 Å². The van der Waals surface area contributed by atoms with Crippen LogP contribution in [0.2, 0.25) is 0 Å². The summed E-state index contributed by atoms with van der Waals surface area (Å²) in [7, 11) is 0. The van der Waals surface area contributed by atoms with Crippen molar-refractivity contribution in [3.63, 3.8) is 0 Å². The third-order valence-electron chi connectivity index (χ3n) is 2.31. The van der Waals surface area contributed by atoms with Crippen molar-refractivity contribution in [2.45, 2.75) is 32.3 Å². The van der Waals surface area contributed by atoms with E-state index in [1.807, 2.05) is 6.92 Å². The quantitative estimate of drug-likeness (QED) is 0.744. The molecule has 0 saturated carbocycles. The van der Waals surface area contributed by atoms with Gasteiger partial charge < -0.3 is 10.8 Å². The second-order valence-electron chi connectivity index (χ2n) is 3.74. The van der Waals surface area contributed by atoms with Crippen LogP contribution in [0, 0.1) is 0 Å². The molecule has 0 spiro atoms. The standard InChI is InChI=1S/C12H19NO/c1-10(14)2-3-11-4-6-12(7-5-11)8-9-13/h4-7,10,14H,2-3,8-9,13H2,1H3. The van der Waals surface area contributed by atoms with Crippen LogP contribution in [0.15, 0.2) is 24.3 Å². The SMILES string of the molecule is CC(O)CCc1ccc(CCN)cc1. The topological polar surface area (TPSA) is 46.2 Å². The zero-order valence-electron chi connectivity index (χ0n) is 8.74. The molecule has 0 bridgehead atoms. The average Bonchev–Trinajstić information content (AvgIpc) is 2.17. The number of aliphatic hydroxyl groups excluding tert-OH is 1. The van der Waals surface area contributed by atoms with Crippen LogP contribution in [0.1, 0.15) is 24.5 Å². The summed E-state index contributed by atoms with van der Waals surface area (Å²) in [4.78, 5) is 0. The molecule has 0 heterocycles. The van der Waals surface area contributed by atoms with Gasteiger partial charge in [0.05, 0.1) is 6.10 Å². The van der Waals surface area contributed by atoms with Gasteiger partial charge in [-0.25, -0.2) is 0 Å². The minimum Gasteiger partial charge on any atom is -0.393 e. The van der Waals surface area contributed by atoms with Crippen LogP contribution >= 0.6 is 0 Å². The molecule has 1 aromatic rings. The molecule has 2 nitrogen and oxygen atoms in total. The summed E-state index contributed by atoms with van der Waals surface area (Å²) < 4.78 is 0. The zero-order chi connectivity index (χ0) is 10.4. The second kappa shape index (κ2) is 5.78. The van der Waals surface area contributed by atoms with E-state index in [9.17, 15) is 0 Å². The highest BCUT2D eigenvalue weighted by molar-refractivity contribution is 5.22. The van der Waals surface area contributed by atoms with E-state index in [0.29, 0.717) is 6.54 Å². The van der Waals surface area contributed by atoms with Crippen molar-refractivity contribution in [1.29, 1.82) is 0 Å². The van der Waals surface area contributed by atoms with Gasteiger partial charge in [0, 0.05) is 0 Å². The lowest BCUT2D eigenvalue weighted by molar-refractivity contribution is 0.185. The number of rotatable bonds is 5. The first-order valence-electron chi connectivity index (χ1n) is 5.18. The number of hydrogen-bond acceptors (Lipinski definition) is 2. The minimum absolute atomic E-state index is 0.210. The Morgan fingerprint density at radius 2 is 1.64 bits per heavy atom. The monoisotopic (exact) mass is 193 g/mol. The highest BCUT2D eigenvalue weighted by Crippen LogP contribution is 2.08. The van der Waals surface area contributed by atoms with Crippen LogP contribution in [0.25, 0.3) is 0 Å². The molecule has 2 heteroatoms. The molecule has 0 saturated heterocycles. The fraction of sp³-hybridized carbons (Fsp3) is 0.500. The van der Waals surface area contributed by atoms with Crippen LogP contribution in [0.4, 0.5) is 0 Å². The third kappa shape index (κ3) is 3.90. The van der Waals surface area contributed by atoms with Crippen molar-refractivity contribution >= 4 is 0 Å². The molecule has 0 amide bonds. The van der Waals surface area contributed by atoms with Gasteiger partial charge in [-0.05, 0) is 43.9 Å². The zero-order valence-corrected chi connectivity index (χ0v) is 8.74. The van der Waals surface area contributed by atoms with Crippen LogP contribution in [-0.2, 0) is 12.8 Å². The molecule has 1 atom stereocenters. The largest absolute Gasteiger partial charge is 0.393 e. The fourth-order valence-corrected chi connectivity index (χ4v) is 1.41. The number of aliphatic hydroxyl groups is 1. The van der Waals surface area contributed by atoms with E-state index in [0.717, 1.165) is 19.3 Å². The molecule has 0 aliphatic carbocycles. The summed E-state index contributed by atoms with van der Waals surface area (Å²) in [6.45, 7) is 2.52. The summed E-state index contributed by atoms with van der Waals surface area (Å²) >= 11 is 0. The lowest BCUT2D eigenvalue weighted by Gasteiger charge is -2.05. The second-order valence-corrected chi connectivity index (χ2v) is 3.74. The van der Waals surface area contributed by atoms with Crippen LogP contribution in [-0.4, -0.2) is 17.8 Å². The molecule has 1 aromatic carbocycles. The van der Waals surface area contributed by atoms with Crippen LogP contribution in [0.3, 0.4) is 0 Å². The van der Waals surface area contributed by atoms with Crippen molar-refractivity contribution in [2.24, 2.45) is 5.73 Å². The molecule has 3 N–H and O–H groups in total. The van der Waals surface area contributed by atoms with E-state index in [1.165, 1.54) is 11.1 Å². The molecule has 0 aromatic heterocycles. The van der Waals surface area contributed by atoms with E-state index >= 15 is 0 Å². The van der Waals surface area contributed by atoms with Crippen molar-refractivity contribution in [3.05, 3.63) is 35.4 Å². The molecule has 1 unspecified atom stereocenters. The number of benzene rings is 1. The van der Waals surface area contributed by atoms with Crippen molar-refractivity contribution in [1.82, 2.24) is 0 Å². The highest BCUT2D eigenvalue weighted by atomic mass is 16.3. The predicted octanol–water partition coefficient (Wildman–Crippen LogP) is 1.50. The maximum absolute atomic E-state index is 9.14. The van der Waals surface area contributed by atoms with Crippen molar-refractivity contribution < 1.29 is 5.11 Å². The van der Waals surface area contributed by atoms with Crippen molar-refractivity contribution in [2.75, 3.05) is 6.54 Å². The Labute approximate surface area is 85.8 Å². The van der Waals surface area contributed by atoms with Gasteiger partial charge in [-0.15, -0.1) is 0 Å². The van der Waals surface area contributed by atoms with E-state index in [1.54, 1.807) is 0 Å². The minimum atomic E-state index is -0.210. The number of hydrogen-bond donors (Lipinski definition) is 2. The molecular formula is C12H19NO. The smallest absolute Gasteiger partial charge is 0.0515 e. The summed E-state index contributed by atoms with van der Waals surface area (Å²) in [5, 5.41) is 9.14. The van der Waals surface area contributed by atoms with Crippen LogP contribution < -0.4 is 5.73 Å². The first-order valence-corrected chi connectivity index (χ1v) is 5.18. The Hall–Kier alpha value is -0.860. The summed E-state index contributed by atoms with van der Waals surface area (Å²) in [5.41, 5.74) is 8.03. The fourth-order valence-electron chi connectivity index (χ4n) is 1.41.